The Kier molecular flexibility index (Phi) is 6.82. The lowest BCUT2D eigenvalue weighted by Gasteiger charge is -2.31. The molecule has 2 aromatic rings. The number of benzene rings is 2. The van der Waals surface area contributed by atoms with Crippen LogP contribution in [0.1, 0.15) is 43.0 Å². The van der Waals surface area contributed by atoms with Crippen LogP contribution < -0.4 is 9.62 Å². The van der Waals surface area contributed by atoms with Crippen LogP contribution in [0.5, 0.6) is 0 Å². The number of nitrogens with one attached hydrogen (secondary N) is 1. The molecule has 0 aliphatic rings. The standard InChI is InChI=1S/C21H27FN2O3S/c1-6-19(24(28(5,26)27)20-10-8-7-9-18(20)22)21(25)23-16(4)17-12-11-14(2)13-15(17)3/h7-13,16,19H,6H2,1-5H3,(H,23,25). The lowest BCUT2D eigenvalue weighted by atomic mass is 10.00. The van der Waals surface area contributed by atoms with Gasteiger partial charge in [0.05, 0.1) is 18.0 Å². The van der Waals surface area contributed by atoms with Gasteiger partial charge in [0, 0.05) is 0 Å². The second-order valence-electron chi connectivity index (χ2n) is 7.02. The van der Waals surface area contributed by atoms with E-state index in [0.717, 1.165) is 27.3 Å². The quantitative estimate of drug-likeness (QED) is 0.759. The van der Waals surface area contributed by atoms with Gasteiger partial charge in [0.1, 0.15) is 11.9 Å². The highest BCUT2D eigenvalue weighted by atomic mass is 32.2. The van der Waals surface area contributed by atoms with Gasteiger partial charge in [-0.3, -0.25) is 9.10 Å². The maximum atomic E-state index is 14.3. The molecule has 0 aliphatic heterocycles. The zero-order chi connectivity index (χ0) is 21.1. The highest BCUT2D eigenvalue weighted by molar-refractivity contribution is 7.92. The summed E-state index contributed by atoms with van der Waals surface area (Å²) in [6.45, 7) is 7.50. The Hall–Kier alpha value is -2.41. The molecule has 5 nitrogen and oxygen atoms in total. The van der Waals surface area contributed by atoms with E-state index < -0.39 is 27.8 Å². The molecule has 2 atom stereocenters. The third-order valence-electron chi connectivity index (χ3n) is 4.67. The maximum Gasteiger partial charge on any atom is 0.244 e. The van der Waals surface area contributed by atoms with Crippen LogP contribution in [-0.2, 0) is 14.8 Å². The van der Waals surface area contributed by atoms with Crippen molar-refractivity contribution in [1.82, 2.24) is 5.32 Å². The topological polar surface area (TPSA) is 66.5 Å². The molecule has 0 aromatic heterocycles. The molecule has 152 valence electrons. The number of anilines is 1. The largest absolute Gasteiger partial charge is 0.348 e. The monoisotopic (exact) mass is 406 g/mol. The lowest BCUT2D eigenvalue weighted by Crippen LogP contribution is -2.50. The minimum absolute atomic E-state index is 0.133. The number of rotatable bonds is 7. The molecule has 0 spiro atoms. The summed E-state index contributed by atoms with van der Waals surface area (Å²) in [5, 5.41) is 2.88. The van der Waals surface area contributed by atoms with Gasteiger partial charge in [-0.15, -0.1) is 0 Å². The third-order valence-corrected chi connectivity index (χ3v) is 5.84. The Morgan fingerprint density at radius 1 is 1.18 bits per heavy atom. The molecule has 0 aliphatic carbocycles. The van der Waals surface area contributed by atoms with Crippen LogP contribution in [0.25, 0.3) is 0 Å². The van der Waals surface area contributed by atoms with E-state index in [0.29, 0.717) is 0 Å². The van der Waals surface area contributed by atoms with Gasteiger partial charge >= 0.3 is 0 Å². The van der Waals surface area contributed by atoms with Gasteiger partial charge in [-0.1, -0.05) is 42.8 Å². The first-order valence-electron chi connectivity index (χ1n) is 9.17. The molecule has 0 saturated heterocycles. The summed E-state index contributed by atoms with van der Waals surface area (Å²) in [6.07, 6.45) is 1.18. The van der Waals surface area contributed by atoms with Gasteiger partial charge in [0.2, 0.25) is 15.9 Å². The van der Waals surface area contributed by atoms with E-state index in [2.05, 4.69) is 5.32 Å². The molecule has 0 bridgehead atoms. The van der Waals surface area contributed by atoms with Crippen molar-refractivity contribution >= 4 is 21.6 Å². The predicted molar refractivity (Wildman–Crippen MR) is 110 cm³/mol. The summed E-state index contributed by atoms with van der Waals surface area (Å²) >= 11 is 0. The Labute approximate surface area is 166 Å². The first kappa shape index (κ1) is 21.9. The second kappa shape index (κ2) is 8.73. The van der Waals surface area contributed by atoms with Crippen LogP contribution >= 0.6 is 0 Å². The minimum Gasteiger partial charge on any atom is -0.348 e. The third kappa shape index (κ3) is 4.90. The fraction of sp³-hybridized carbons (Fsp3) is 0.381. The highest BCUT2D eigenvalue weighted by Gasteiger charge is 2.33. The number of para-hydroxylation sites is 1. The number of halogens is 1. The predicted octanol–water partition coefficient (Wildman–Crippen LogP) is 3.86. The van der Waals surface area contributed by atoms with Gasteiger partial charge in [-0.05, 0) is 50.5 Å². The normalized spacial score (nSPS) is 13.6. The van der Waals surface area contributed by atoms with Crippen LogP contribution in [0.3, 0.4) is 0 Å². The molecule has 0 fully saturated rings. The van der Waals surface area contributed by atoms with Gasteiger partial charge < -0.3 is 5.32 Å². The maximum absolute atomic E-state index is 14.3. The van der Waals surface area contributed by atoms with Crippen molar-refractivity contribution in [2.24, 2.45) is 0 Å². The van der Waals surface area contributed by atoms with Crippen molar-refractivity contribution in [2.45, 2.75) is 46.2 Å². The van der Waals surface area contributed by atoms with Crippen molar-refractivity contribution in [3.63, 3.8) is 0 Å². The van der Waals surface area contributed by atoms with Crippen LogP contribution in [0.15, 0.2) is 42.5 Å². The molecule has 2 rings (SSSR count). The molecular formula is C21H27FN2O3S. The van der Waals surface area contributed by atoms with Crippen LogP contribution in [-0.4, -0.2) is 26.6 Å². The second-order valence-corrected chi connectivity index (χ2v) is 8.88. The molecule has 1 amide bonds. The molecule has 0 radical (unpaired) electrons. The number of carbonyl (C=O) groups excluding carboxylic acids is 1. The van der Waals surface area contributed by atoms with E-state index in [1.807, 2.05) is 39.0 Å². The Morgan fingerprint density at radius 3 is 2.36 bits per heavy atom. The number of aryl methyl sites for hydroxylation is 2. The molecule has 2 unspecified atom stereocenters. The number of nitrogens with zero attached hydrogens (tertiary/aromatic N) is 1. The smallest absolute Gasteiger partial charge is 0.244 e. The zero-order valence-corrected chi connectivity index (χ0v) is 17.7. The fourth-order valence-corrected chi connectivity index (χ4v) is 4.58. The number of carbonyl (C=O) groups is 1. The van der Waals surface area contributed by atoms with E-state index in [1.54, 1.807) is 13.0 Å². The van der Waals surface area contributed by atoms with Crippen molar-refractivity contribution < 1.29 is 17.6 Å². The van der Waals surface area contributed by atoms with Crippen LogP contribution in [0.4, 0.5) is 10.1 Å². The van der Waals surface area contributed by atoms with E-state index >= 15 is 0 Å². The molecular weight excluding hydrogens is 379 g/mol. The van der Waals surface area contributed by atoms with E-state index in [4.69, 9.17) is 0 Å². The van der Waals surface area contributed by atoms with Crippen LogP contribution in [0, 0.1) is 19.7 Å². The van der Waals surface area contributed by atoms with Gasteiger partial charge in [-0.25, -0.2) is 12.8 Å². The first-order valence-corrected chi connectivity index (χ1v) is 11.0. The van der Waals surface area contributed by atoms with Crippen molar-refractivity contribution in [1.29, 1.82) is 0 Å². The summed E-state index contributed by atoms with van der Waals surface area (Å²) in [4.78, 5) is 13.0. The van der Waals surface area contributed by atoms with Crippen molar-refractivity contribution in [3.8, 4) is 0 Å². The average molecular weight is 407 g/mol. The summed E-state index contributed by atoms with van der Waals surface area (Å²) in [5.41, 5.74) is 2.97. The van der Waals surface area contributed by atoms with Crippen LogP contribution in [0.2, 0.25) is 0 Å². The van der Waals surface area contributed by atoms with Gasteiger partial charge in [0.15, 0.2) is 0 Å². The van der Waals surface area contributed by atoms with Gasteiger partial charge in [0.25, 0.3) is 0 Å². The SMILES string of the molecule is CCC(C(=O)NC(C)c1ccc(C)cc1C)N(c1ccccc1F)S(C)(=O)=O. The lowest BCUT2D eigenvalue weighted by molar-refractivity contribution is -0.122. The Morgan fingerprint density at radius 2 is 1.82 bits per heavy atom. The molecule has 7 heteroatoms. The molecule has 0 heterocycles. The number of hydrogen-bond acceptors (Lipinski definition) is 3. The number of hydrogen-bond donors (Lipinski definition) is 1. The summed E-state index contributed by atoms with van der Waals surface area (Å²) in [7, 11) is -3.88. The Bertz CT molecular complexity index is 960. The molecule has 0 saturated carbocycles. The summed E-state index contributed by atoms with van der Waals surface area (Å²) in [5.74, 6) is -1.16. The van der Waals surface area contributed by atoms with E-state index in [1.165, 1.54) is 18.2 Å². The molecule has 1 N–H and O–H groups in total. The van der Waals surface area contributed by atoms with Gasteiger partial charge in [-0.2, -0.15) is 0 Å². The van der Waals surface area contributed by atoms with Crippen molar-refractivity contribution in [2.75, 3.05) is 10.6 Å². The average Bonchev–Trinajstić information content (AvgIpc) is 2.59. The fourth-order valence-electron chi connectivity index (χ4n) is 3.36. The zero-order valence-electron chi connectivity index (χ0n) is 16.9. The summed E-state index contributed by atoms with van der Waals surface area (Å²) in [6, 6.07) is 10.1. The summed E-state index contributed by atoms with van der Waals surface area (Å²) < 4.78 is 40.0. The Balaban J connectivity index is 2.35. The van der Waals surface area contributed by atoms with E-state index in [-0.39, 0.29) is 18.2 Å². The first-order chi connectivity index (χ1) is 13.1. The number of amides is 1. The minimum atomic E-state index is -3.88. The molecule has 2 aromatic carbocycles. The highest BCUT2D eigenvalue weighted by Crippen LogP contribution is 2.26. The molecule has 28 heavy (non-hydrogen) atoms. The van der Waals surface area contributed by atoms with E-state index in [9.17, 15) is 17.6 Å². The number of sulfonamides is 1. The van der Waals surface area contributed by atoms with Crippen molar-refractivity contribution in [3.05, 3.63) is 65.0 Å².